The molecule has 0 saturated heterocycles. The molecule has 0 aliphatic carbocycles. The molecule has 0 amide bonds. The molecule has 1 atom stereocenters. The Bertz CT molecular complexity index is 368. The number of Topliss-reactive ketones (excluding diaryl/α,β-unsaturated/α-hetero) is 2. The Morgan fingerprint density at radius 2 is 1.76 bits per heavy atom. The first kappa shape index (κ1) is 13.6. The molecule has 0 unspecified atom stereocenters. The second-order valence-electron chi connectivity index (χ2n) is 4.46. The van der Waals surface area contributed by atoms with Gasteiger partial charge in [-0.15, -0.1) is 0 Å². The van der Waals surface area contributed by atoms with Crippen molar-refractivity contribution in [2.75, 3.05) is 0 Å². The second kappa shape index (κ2) is 7.00. The minimum atomic E-state index is -0.0711. The second-order valence-corrected chi connectivity index (χ2v) is 4.46. The normalized spacial score (nSPS) is 12.1. The summed E-state index contributed by atoms with van der Waals surface area (Å²) in [5, 5.41) is 0. The molecule has 0 heterocycles. The minimum absolute atomic E-state index is 0.0711. The van der Waals surface area contributed by atoms with Crippen LogP contribution in [0.4, 0.5) is 0 Å². The van der Waals surface area contributed by atoms with Gasteiger partial charge in [0.25, 0.3) is 0 Å². The largest absolute Gasteiger partial charge is 0.300 e. The molecule has 2 heteroatoms. The number of ketones is 2. The molecule has 0 aliphatic heterocycles. The lowest BCUT2D eigenvalue weighted by Crippen LogP contribution is -2.13. The highest BCUT2D eigenvalue weighted by Gasteiger charge is 2.15. The molecule has 0 aromatic heterocycles. The first-order chi connectivity index (χ1) is 8.15. The van der Waals surface area contributed by atoms with E-state index < -0.39 is 0 Å². The maximum atomic E-state index is 12.0. The molecule has 0 spiro atoms. The summed E-state index contributed by atoms with van der Waals surface area (Å²) in [7, 11) is 0. The van der Waals surface area contributed by atoms with Crippen LogP contribution in [0.3, 0.4) is 0 Å². The van der Waals surface area contributed by atoms with Crippen LogP contribution in [0.5, 0.6) is 0 Å². The highest BCUT2D eigenvalue weighted by molar-refractivity contribution is 5.97. The van der Waals surface area contributed by atoms with E-state index in [0.717, 1.165) is 12.0 Å². The van der Waals surface area contributed by atoms with Crippen LogP contribution in [0.25, 0.3) is 0 Å². The Kier molecular flexibility index (Phi) is 5.61. The van der Waals surface area contributed by atoms with E-state index in [1.807, 2.05) is 44.2 Å². The number of hydrogen-bond acceptors (Lipinski definition) is 2. The van der Waals surface area contributed by atoms with Crippen LogP contribution in [-0.4, -0.2) is 11.6 Å². The van der Waals surface area contributed by atoms with Crippen LogP contribution in [0.2, 0.25) is 0 Å². The third-order valence-corrected chi connectivity index (χ3v) is 2.89. The van der Waals surface area contributed by atoms with Gasteiger partial charge in [-0.3, -0.25) is 9.59 Å². The summed E-state index contributed by atoms with van der Waals surface area (Å²) in [6.45, 7) is 3.89. The van der Waals surface area contributed by atoms with Crippen molar-refractivity contribution in [1.29, 1.82) is 0 Å². The highest BCUT2D eigenvalue weighted by atomic mass is 16.1. The lowest BCUT2D eigenvalue weighted by Gasteiger charge is -2.09. The third-order valence-electron chi connectivity index (χ3n) is 2.89. The van der Waals surface area contributed by atoms with Gasteiger partial charge in [0.1, 0.15) is 5.78 Å². The number of carbonyl (C=O) groups is 2. The van der Waals surface area contributed by atoms with Crippen molar-refractivity contribution in [3.05, 3.63) is 35.9 Å². The minimum Gasteiger partial charge on any atom is -0.300 e. The topological polar surface area (TPSA) is 34.1 Å². The van der Waals surface area contributed by atoms with Gasteiger partial charge in [0.2, 0.25) is 0 Å². The Labute approximate surface area is 103 Å². The molecule has 0 fully saturated rings. The maximum Gasteiger partial charge on any atom is 0.165 e. The fourth-order valence-electron chi connectivity index (χ4n) is 1.80. The van der Waals surface area contributed by atoms with Crippen LogP contribution in [-0.2, 0) is 4.79 Å². The molecule has 0 bridgehead atoms. The number of carbonyl (C=O) groups excluding carboxylic acids is 2. The zero-order valence-corrected chi connectivity index (χ0v) is 10.6. The predicted molar refractivity (Wildman–Crippen MR) is 69.1 cm³/mol. The summed E-state index contributed by atoms with van der Waals surface area (Å²) >= 11 is 0. The quantitative estimate of drug-likeness (QED) is 0.672. The van der Waals surface area contributed by atoms with Gasteiger partial charge in [-0.05, 0) is 12.8 Å². The van der Waals surface area contributed by atoms with Gasteiger partial charge < -0.3 is 0 Å². The van der Waals surface area contributed by atoms with Crippen molar-refractivity contribution in [2.24, 2.45) is 5.92 Å². The Balaban J connectivity index is 2.45. The van der Waals surface area contributed by atoms with Gasteiger partial charge in [0.05, 0.1) is 0 Å². The van der Waals surface area contributed by atoms with E-state index in [2.05, 4.69) is 0 Å². The molecule has 1 rings (SSSR count). The Morgan fingerprint density at radius 1 is 1.12 bits per heavy atom. The molecule has 1 aromatic carbocycles. The average Bonchev–Trinajstić information content (AvgIpc) is 2.36. The van der Waals surface area contributed by atoms with Gasteiger partial charge in [0, 0.05) is 24.3 Å². The summed E-state index contributed by atoms with van der Waals surface area (Å²) in [6.07, 6.45) is 2.70. The highest BCUT2D eigenvalue weighted by Crippen LogP contribution is 2.14. The summed E-state index contributed by atoms with van der Waals surface area (Å²) in [6, 6.07) is 9.27. The molecule has 0 aliphatic rings. The van der Waals surface area contributed by atoms with Crippen molar-refractivity contribution in [3.63, 3.8) is 0 Å². The molecule has 92 valence electrons. The van der Waals surface area contributed by atoms with Crippen LogP contribution < -0.4 is 0 Å². The standard InChI is InChI=1S/C15H20O2/c1-3-7-14(16)11-10-12(2)15(17)13-8-5-4-6-9-13/h4-6,8-9,12H,3,7,10-11H2,1-2H3/t12-/m1/s1. The Hall–Kier alpha value is -1.44. The first-order valence-electron chi connectivity index (χ1n) is 6.26. The van der Waals surface area contributed by atoms with E-state index in [-0.39, 0.29) is 17.5 Å². The smallest absolute Gasteiger partial charge is 0.165 e. The van der Waals surface area contributed by atoms with Gasteiger partial charge in [-0.1, -0.05) is 44.2 Å². The predicted octanol–water partition coefficient (Wildman–Crippen LogP) is 3.65. The number of benzene rings is 1. The molecule has 0 radical (unpaired) electrons. The summed E-state index contributed by atoms with van der Waals surface area (Å²) in [5.41, 5.74) is 0.739. The van der Waals surface area contributed by atoms with E-state index in [4.69, 9.17) is 0 Å². The third kappa shape index (κ3) is 4.51. The molecule has 0 N–H and O–H groups in total. The van der Waals surface area contributed by atoms with Gasteiger partial charge in [0.15, 0.2) is 5.78 Å². The first-order valence-corrected chi connectivity index (χ1v) is 6.26. The van der Waals surface area contributed by atoms with Gasteiger partial charge in [-0.2, -0.15) is 0 Å². The van der Waals surface area contributed by atoms with E-state index in [1.54, 1.807) is 0 Å². The van der Waals surface area contributed by atoms with Crippen molar-refractivity contribution >= 4 is 11.6 Å². The average molecular weight is 232 g/mol. The lowest BCUT2D eigenvalue weighted by atomic mass is 9.93. The van der Waals surface area contributed by atoms with Crippen molar-refractivity contribution in [1.82, 2.24) is 0 Å². The van der Waals surface area contributed by atoms with Crippen molar-refractivity contribution < 1.29 is 9.59 Å². The number of hydrogen-bond donors (Lipinski definition) is 0. The number of rotatable bonds is 7. The molecular formula is C15H20O2. The zero-order valence-electron chi connectivity index (χ0n) is 10.6. The van der Waals surface area contributed by atoms with E-state index in [0.29, 0.717) is 19.3 Å². The summed E-state index contributed by atoms with van der Waals surface area (Å²) < 4.78 is 0. The molecular weight excluding hydrogens is 212 g/mol. The van der Waals surface area contributed by atoms with Crippen LogP contribution >= 0.6 is 0 Å². The van der Waals surface area contributed by atoms with Crippen molar-refractivity contribution in [2.45, 2.75) is 39.5 Å². The fourth-order valence-corrected chi connectivity index (χ4v) is 1.80. The lowest BCUT2D eigenvalue weighted by molar-refractivity contribution is -0.119. The molecule has 17 heavy (non-hydrogen) atoms. The van der Waals surface area contributed by atoms with Gasteiger partial charge in [-0.25, -0.2) is 0 Å². The summed E-state index contributed by atoms with van der Waals surface area (Å²) in [4.78, 5) is 23.4. The summed E-state index contributed by atoms with van der Waals surface area (Å²) in [5.74, 6) is 0.327. The van der Waals surface area contributed by atoms with Crippen LogP contribution in [0.15, 0.2) is 30.3 Å². The van der Waals surface area contributed by atoms with E-state index in [1.165, 1.54) is 0 Å². The SMILES string of the molecule is CCCC(=O)CC[C@@H](C)C(=O)c1ccccc1. The van der Waals surface area contributed by atoms with E-state index in [9.17, 15) is 9.59 Å². The van der Waals surface area contributed by atoms with Crippen LogP contribution in [0.1, 0.15) is 49.9 Å². The van der Waals surface area contributed by atoms with Gasteiger partial charge >= 0.3 is 0 Å². The molecule has 0 saturated carbocycles. The maximum absolute atomic E-state index is 12.0. The van der Waals surface area contributed by atoms with Crippen molar-refractivity contribution in [3.8, 4) is 0 Å². The van der Waals surface area contributed by atoms with E-state index >= 15 is 0 Å². The Morgan fingerprint density at radius 3 is 2.35 bits per heavy atom. The molecule has 2 nitrogen and oxygen atoms in total. The monoisotopic (exact) mass is 232 g/mol. The van der Waals surface area contributed by atoms with Crippen LogP contribution in [0, 0.1) is 5.92 Å². The fraction of sp³-hybridized carbons (Fsp3) is 0.467. The zero-order chi connectivity index (χ0) is 12.7. The molecule has 1 aromatic rings.